The van der Waals surface area contributed by atoms with Gasteiger partial charge >= 0.3 is 6.03 Å². The molecule has 0 spiro atoms. The van der Waals surface area contributed by atoms with E-state index < -0.39 is 11.8 Å². The number of carbonyl (C=O) groups excluding carboxylic acids is 1. The molecule has 19 heavy (non-hydrogen) atoms. The summed E-state index contributed by atoms with van der Waals surface area (Å²) in [6.07, 6.45) is 0. The van der Waals surface area contributed by atoms with Crippen molar-refractivity contribution in [2.45, 2.75) is 0 Å². The van der Waals surface area contributed by atoms with Crippen molar-refractivity contribution in [3.63, 3.8) is 0 Å². The Hall–Kier alpha value is -2.63. The van der Waals surface area contributed by atoms with E-state index in [1.165, 1.54) is 42.5 Å². The van der Waals surface area contributed by atoms with E-state index in [-0.39, 0.29) is 11.5 Å². The first-order valence-electron chi connectivity index (χ1n) is 5.48. The molecule has 0 aromatic heterocycles. The molecule has 6 heteroatoms. The predicted molar refractivity (Wildman–Crippen MR) is 68.6 cm³/mol. The van der Waals surface area contributed by atoms with Crippen LogP contribution in [0.15, 0.2) is 48.5 Å². The number of nitrogens with one attached hydrogen (secondary N) is 3. The largest absolute Gasteiger partial charge is 0.337 e. The van der Waals surface area contributed by atoms with Gasteiger partial charge in [0, 0.05) is 0 Å². The predicted octanol–water partition coefficient (Wildman–Crippen LogP) is 3.11. The van der Waals surface area contributed by atoms with Crippen molar-refractivity contribution in [3.8, 4) is 0 Å². The van der Waals surface area contributed by atoms with Crippen LogP contribution >= 0.6 is 0 Å². The maximum Gasteiger partial charge on any atom is 0.337 e. The molecule has 4 nitrogen and oxygen atoms in total. The van der Waals surface area contributed by atoms with Crippen molar-refractivity contribution in [1.29, 1.82) is 0 Å². The van der Waals surface area contributed by atoms with Gasteiger partial charge in [0.15, 0.2) is 0 Å². The van der Waals surface area contributed by atoms with E-state index in [4.69, 9.17) is 0 Å². The fourth-order valence-electron chi connectivity index (χ4n) is 1.38. The van der Waals surface area contributed by atoms with Crippen molar-refractivity contribution in [2.75, 3.05) is 10.7 Å². The molecule has 0 aliphatic rings. The third-order valence-corrected chi connectivity index (χ3v) is 2.29. The summed E-state index contributed by atoms with van der Waals surface area (Å²) in [5.41, 5.74) is 5.44. The molecule has 0 aliphatic heterocycles. The van der Waals surface area contributed by atoms with Crippen LogP contribution in [-0.2, 0) is 0 Å². The Morgan fingerprint density at radius 2 is 1.63 bits per heavy atom. The third-order valence-electron chi connectivity index (χ3n) is 2.29. The normalized spacial score (nSPS) is 9.79. The molecule has 0 heterocycles. The van der Waals surface area contributed by atoms with Gasteiger partial charge in [-0.2, -0.15) is 0 Å². The minimum Gasteiger partial charge on any atom is -0.304 e. The summed E-state index contributed by atoms with van der Waals surface area (Å²) in [6, 6.07) is 10.6. The molecule has 2 amide bonds. The Kier molecular flexibility index (Phi) is 3.92. The molecule has 0 aliphatic carbocycles. The maximum absolute atomic E-state index is 13.3. The number of halogens is 2. The SMILES string of the molecule is O=C(NNc1ccc(F)cc1)Nc1ccccc1F. The summed E-state index contributed by atoms with van der Waals surface area (Å²) in [4.78, 5) is 11.5. The summed E-state index contributed by atoms with van der Waals surface area (Å²) < 4.78 is 25.9. The molecule has 0 unspecified atom stereocenters. The molecule has 0 bridgehead atoms. The summed E-state index contributed by atoms with van der Waals surface area (Å²) >= 11 is 0. The van der Waals surface area contributed by atoms with Crippen LogP contribution < -0.4 is 16.2 Å². The lowest BCUT2D eigenvalue weighted by molar-refractivity contribution is 0.253. The van der Waals surface area contributed by atoms with Crippen LogP contribution in [0.3, 0.4) is 0 Å². The molecular formula is C13H11F2N3O. The first-order chi connectivity index (χ1) is 9.15. The molecule has 2 aromatic carbocycles. The minimum absolute atomic E-state index is 0.0703. The highest BCUT2D eigenvalue weighted by Crippen LogP contribution is 2.12. The highest BCUT2D eigenvalue weighted by molar-refractivity contribution is 5.90. The van der Waals surface area contributed by atoms with Crippen molar-refractivity contribution >= 4 is 17.4 Å². The van der Waals surface area contributed by atoms with Crippen LogP contribution in [0.2, 0.25) is 0 Å². The van der Waals surface area contributed by atoms with Gasteiger partial charge in [0.2, 0.25) is 0 Å². The monoisotopic (exact) mass is 263 g/mol. The first-order valence-corrected chi connectivity index (χ1v) is 5.48. The highest BCUT2D eigenvalue weighted by Gasteiger charge is 2.05. The zero-order valence-corrected chi connectivity index (χ0v) is 9.78. The minimum atomic E-state index is -0.630. The van der Waals surface area contributed by atoms with E-state index >= 15 is 0 Å². The number of anilines is 2. The lowest BCUT2D eigenvalue weighted by Crippen LogP contribution is -2.33. The highest BCUT2D eigenvalue weighted by atomic mass is 19.1. The third kappa shape index (κ3) is 3.67. The number of hydrogen-bond acceptors (Lipinski definition) is 2. The van der Waals surface area contributed by atoms with Crippen molar-refractivity contribution < 1.29 is 13.6 Å². The van der Waals surface area contributed by atoms with Crippen LogP contribution in [0, 0.1) is 11.6 Å². The molecule has 2 rings (SSSR count). The molecule has 0 fully saturated rings. The zero-order chi connectivity index (χ0) is 13.7. The van der Waals surface area contributed by atoms with Gasteiger partial charge in [0.1, 0.15) is 11.6 Å². The number of urea groups is 1. The average molecular weight is 263 g/mol. The summed E-state index contributed by atoms with van der Waals surface area (Å²) in [6.45, 7) is 0. The Balaban J connectivity index is 1.88. The second kappa shape index (κ2) is 5.81. The van der Waals surface area contributed by atoms with Gasteiger partial charge < -0.3 is 5.32 Å². The van der Waals surface area contributed by atoms with E-state index in [0.29, 0.717) is 5.69 Å². The van der Waals surface area contributed by atoms with E-state index in [0.717, 1.165) is 0 Å². The quantitative estimate of drug-likeness (QED) is 0.745. The molecule has 0 saturated carbocycles. The van der Waals surface area contributed by atoms with Crippen LogP contribution in [0.5, 0.6) is 0 Å². The van der Waals surface area contributed by atoms with Crippen LogP contribution in [0.1, 0.15) is 0 Å². The fourth-order valence-corrected chi connectivity index (χ4v) is 1.38. The second-order valence-corrected chi connectivity index (χ2v) is 3.69. The summed E-state index contributed by atoms with van der Waals surface area (Å²) in [7, 11) is 0. The van der Waals surface area contributed by atoms with Crippen molar-refractivity contribution in [1.82, 2.24) is 5.43 Å². The summed E-state index contributed by atoms with van der Waals surface area (Å²) in [5.74, 6) is -0.902. The Morgan fingerprint density at radius 1 is 0.947 bits per heavy atom. The van der Waals surface area contributed by atoms with Gasteiger partial charge in [-0.25, -0.2) is 13.6 Å². The zero-order valence-electron chi connectivity index (χ0n) is 9.78. The fraction of sp³-hybridized carbons (Fsp3) is 0. The number of para-hydroxylation sites is 1. The smallest absolute Gasteiger partial charge is 0.304 e. The molecule has 0 radical (unpaired) electrons. The van der Waals surface area contributed by atoms with E-state index in [1.54, 1.807) is 6.07 Å². The van der Waals surface area contributed by atoms with Crippen LogP contribution in [0.4, 0.5) is 25.0 Å². The number of amides is 2. The molecule has 3 N–H and O–H groups in total. The molecule has 2 aromatic rings. The molecule has 98 valence electrons. The molecule has 0 atom stereocenters. The van der Waals surface area contributed by atoms with Crippen molar-refractivity contribution in [2.24, 2.45) is 0 Å². The molecule has 0 saturated heterocycles. The topological polar surface area (TPSA) is 53.2 Å². The maximum atomic E-state index is 13.3. The standard InChI is InChI=1S/C13H11F2N3O/c14-9-5-7-10(8-6-9)17-18-13(19)16-12-4-2-1-3-11(12)15/h1-8,17H,(H2,16,18,19). The van der Waals surface area contributed by atoms with E-state index in [2.05, 4.69) is 16.2 Å². The number of carbonyl (C=O) groups is 1. The second-order valence-electron chi connectivity index (χ2n) is 3.69. The van der Waals surface area contributed by atoms with Gasteiger partial charge in [-0.3, -0.25) is 10.9 Å². The van der Waals surface area contributed by atoms with Gasteiger partial charge in [0.25, 0.3) is 0 Å². The van der Waals surface area contributed by atoms with E-state index in [9.17, 15) is 13.6 Å². The van der Waals surface area contributed by atoms with Gasteiger partial charge in [0.05, 0.1) is 11.4 Å². The Morgan fingerprint density at radius 3 is 2.32 bits per heavy atom. The lowest BCUT2D eigenvalue weighted by Gasteiger charge is -2.10. The number of hydrazine groups is 1. The van der Waals surface area contributed by atoms with Crippen LogP contribution in [0.25, 0.3) is 0 Å². The Bertz CT molecular complexity index is 572. The number of hydrogen-bond donors (Lipinski definition) is 3. The first kappa shape index (κ1) is 12.8. The van der Waals surface area contributed by atoms with Gasteiger partial charge in [-0.15, -0.1) is 0 Å². The van der Waals surface area contributed by atoms with Crippen LogP contribution in [-0.4, -0.2) is 6.03 Å². The Labute approximate surface area is 108 Å². The average Bonchev–Trinajstić information content (AvgIpc) is 2.41. The summed E-state index contributed by atoms with van der Waals surface area (Å²) in [5, 5.41) is 2.33. The van der Waals surface area contributed by atoms with Gasteiger partial charge in [-0.1, -0.05) is 12.1 Å². The van der Waals surface area contributed by atoms with Gasteiger partial charge in [-0.05, 0) is 36.4 Å². The number of benzene rings is 2. The van der Waals surface area contributed by atoms with E-state index in [1.807, 2.05) is 0 Å². The molecular weight excluding hydrogens is 252 g/mol. The van der Waals surface area contributed by atoms with Crippen molar-refractivity contribution in [3.05, 3.63) is 60.2 Å². The lowest BCUT2D eigenvalue weighted by atomic mass is 10.3. The number of rotatable bonds is 3.